The smallest absolute Gasteiger partial charge is 0.216 e. The van der Waals surface area contributed by atoms with Crippen molar-refractivity contribution < 1.29 is 4.79 Å². The van der Waals surface area contributed by atoms with E-state index in [1.807, 2.05) is 31.5 Å². The van der Waals surface area contributed by atoms with Crippen molar-refractivity contribution in [3.05, 3.63) is 29.3 Å². The number of hydrogen-bond acceptors (Lipinski definition) is 3. The topological polar surface area (TPSA) is 29.1 Å². The third-order valence-corrected chi connectivity index (χ3v) is 3.43. The number of rotatable bonds is 4. The van der Waals surface area contributed by atoms with Crippen LogP contribution < -0.4 is 5.32 Å². The third-order valence-electron chi connectivity index (χ3n) is 2.38. The van der Waals surface area contributed by atoms with Gasteiger partial charge in [0.1, 0.15) is 0 Å². The van der Waals surface area contributed by atoms with Crippen LogP contribution in [0.5, 0.6) is 0 Å². The Morgan fingerprint density at radius 2 is 2.20 bits per heavy atom. The van der Waals surface area contributed by atoms with E-state index in [2.05, 4.69) is 24.9 Å². The molecule has 15 heavy (non-hydrogen) atoms. The predicted octanol–water partition coefficient (Wildman–Crippen LogP) is 2.76. The number of carbonyl (C=O) groups excluding carboxylic acids is 1. The number of nitrogens with one attached hydrogen (secondary N) is 1. The fourth-order valence-corrected chi connectivity index (χ4v) is 2.22. The van der Waals surface area contributed by atoms with Crippen LogP contribution in [0.2, 0.25) is 0 Å². The van der Waals surface area contributed by atoms with Crippen LogP contribution in [-0.2, 0) is 0 Å². The van der Waals surface area contributed by atoms with Crippen LogP contribution in [0.25, 0.3) is 0 Å². The molecule has 0 aliphatic rings. The van der Waals surface area contributed by atoms with Crippen LogP contribution in [0.15, 0.2) is 23.1 Å². The van der Waals surface area contributed by atoms with Gasteiger partial charge in [-0.3, -0.25) is 4.79 Å². The Bertz CT molecular complexity index is 366. The fraction of sp³-hybridized carbons (Fsp3) is 0.364. The van der Waals surface area contributed by atoms with E-state index in [1.54, 1.807) is 11.8 Å². The Hall–Kier alpha value is -0.450. The molecule has 0 bridgehead atoms. The first-order valence-corrected chi connectivity index (χ1v) is 6.35. The van der Waals surface area contributed by atoms with Gasteiger partial charge in [0.15, 0.2) is 0 Å². The van der Waals surface area contributed by atoms with Crippen LogP contribution in [0, 0.1) is 0 Å². The highest BCUT2D eigenvalue weighted by Crippen LogP contribution is 2.27. The van der Waals surface area contributed by atoms with E-state index in [-0.39, 0.29) is 11.2 Å². The average molecular weight is 241 g/mol. The molecule has 0 amide bonds. The van der Waals surface area contributed by atoms with E-state index in [0.29, 0.717) is 5.56 Å². The van der Waals surface area contributed by atoms with Crippen molar-refractivity contribution in [1.29, 1.82) is 0 Å². The summed E-state index contributed by atoms with van der Waals surface area (Å²) in [5, 5.41) is 3.00. The van der Waals surface area contributed by atoms with Gasteiger partial charge in [0.05, 0.1) is 0 Å². The molecule has 0 aliphatic carbocycles. The quantitative estimate of drug-likeness (QED) is 0.627. The van der Waals surface area contributed by atoms with Crippen LogP contribution >= 0.6 is 24.4 Å². The molecule has 1 aromatic carbocycles. The minimum atomic E-state index is -0.186. The molecule has 2 nitrogen and oxygen atoms in total. The number of benzene rings is 1. The lowest BCUT2D eigenvalue weighted by Gasteiger charge is -2.15. The number of thiol groups is 1. The second-order valence-corrected chi connectivity index (χ2v) is 4.53. The largest absolute Gasteiger partial charge is 0.313 e. The second-order valence-electron chi connectivity index (χ2n) is 3.27. The monoisotopic (exact) mass is 241 g/mol. The van der Waals surface area contributed by atoms with E-state index in [1.165, 1.54) is 5.56 Å². The van der Waals surface area contributed by atoms with Crippen LogP contribution in [0.1, 0.15) is 28.9 Å². The molecule has 1 rings (SSSR count). The van der Waals surface area contributed by atoms with Crippen molar-refractivity contribution in [2.45, 2.75) is 17.9 Å². The molecule has 0 aliphatic heterocycles. The molecular weight excluding hydrogens is 226 g/mol. The van der Waals surface area contributed by atoms with Crippen LogP contribution in [0.3, 0.4) is 0 Å². The van der Waals surface area contributed by atoms with E-state index in [9.17, 15) is 4.79 Å². The lowest BCUT2D eigenvalue weighted by molar-refractivity contribution is 0.109. The first-order valence-electron chi connectivity index (χ1n) is 4.68. The van der Waals surface area contributed by atoms with Crippen molar-refractivity contribution in [2.75, 3.05) is 13.3 Å². The summed E-state index contributed by atoms with van der Waals surface area (Å²) in [5.74, 6) is 0. The summed E-state index contributed by atoms with van der Waals surface area (Å²) in [7, 11) is 1.92. The Morgan fingerprint density at radius 3 is 2.67 bits per heavy atom. The second kappa shape index (κ2) is 5.58. The lowest BCUT2D eigenvalue weighted by atomic mass is 10.1. The molecule has 0 aromatic heterocycles. The summed E-state index contributed by atoms with van der Waals surface area (Å²) >= 11 is 5.46. The number of thioether (sulfide) groups is 1. The molecule has 0 heterocycles. The lowest BCUT2D eigenvalue weighted by Crippen LogP contribution is -2.13. The average Bonchev–Trinajstić information content (AvgIpc) is 2.27. The summed E-state index contributed by atoms with van der Waals surface area (Å²) in [4.78, 5) is 12.2. The molecule has 1 N–H and O–H groups in total. The van der Waals surface area contributed by atoms with Gasteiger partial charge in [-0.1, -0.05) is 12.1 Å². The van der Waals surface area contributed by atoms with E-state index < -0.39 is 0 Å². The van der Waals surface area contributed by atoms with Crippen molar-refractivity contribution in [3.8, 4) is 0 Å². The predicted molar refractivity (Wildman–Crippen MR) is 69.0 cm³/mol. The molecule has 82 valence electrons. The zero-order valence-corrected chi connectivity index (χ0v) is 10.8. The molecule has 0 radical (unpaired) electrons. The summed E-state index contributed by atoms with van der Waals surface area (Å²) in [6, 6.07) is 5.98. The van der Waals surface area contributed by atoms with Crippen molar-refractivity contribution >= 4 is 29.5 Å². The fourth-order valence-electron chi connectivity index (χ4n) is 1.36. The zero-order valence-electron chi connectivity index (χ0n) is 9.07. The standard InChI is InChI=1S/C11H15NOS2/c1-7(12-2)9-5-4-8(11(13)14)6-10(9)15-3/h4-7,12H,1-3H3,(H,13,14). The van der Waals surface area contributed by atoms with Gasteiger partial charge in [0, 0.05) is 16.5 Å². The Morgan fingerprint density at radius 1 is 1.53 bits per heavy atom. The Kier molecular flexibility index (Phi) is 4.70. The molecule has 0 saturated heterocycles. The van der Waals surface area contributed by atoms with Crippen LogP contribution in [0.4, 0.5) is 0 Å². The van der Waals surface area contributed by atoms with Gasteiger partial charge in [0.25, 0.3) is 0 Å². The van der Waals surface area contributed by atoms with E-state index in [0.717, 1.165) is 4.90 Å². The first kappa shape index (κ1) is 12.6. The first-order chi connectivity index (χ1) is 7.10. The Labute approximate surface area is 100 Å². The normalized spacial score (nSPS) is 12.5. The minimum Gasteiger partial charge on any atom is -0.313 e. The van der Waals surface area contributed by atoms with Gasteiger partial charge >= 0.3 is 0 Å². The molecular formula is C11H15NOS2. The highest BCUT2D eigenvalue weighted by molar-refractivity contribution is 7.98. The maximum atomic E-state index is 11.1. The summed E-state index contributed by atoms with van der Waals surface area (Å²) in [6.45, 7) is 2.09. The molecule has 1 unspecified atom stereocenters. The minimum absolute atomic E-state index is 0.186. The highest BCUT2D eigenvalue weighted by Gasteiger charge is 2.10. The maximum Gasteiger partial charge on any atom is 0.216 e. The van der Waals surface area contributed by atoms with Crippen molar-refractivity contribution in [3.63, 3.8) is 0 Å². The van der Waals surface area contributed by atoms with Gasteiger partial charge in [0.2, 0.25) is 5.12 Å². The van der Waals surface area contributed by atoms with Gasteiger partial charge in [-0.25, -0.2) is 0 Å². The van der Waals surface area contributed by atoms with Gasteiger partial charge < -0.3 is 5.32 Å². The number of hydrogen-bond donors (Lipinski definition) is 2. The SMILES string of the molecule is CNC(C)c1ccc(C(=O)S)cc1SC. The molecule has 0 saturated carbocycles. The van der Waals surface area contributed by atoms with Crippen molar-refractivity contribution in [1.82, 2.24) is 5.32 Å². The molecule has 1 aromatic rings. The summed E-state index contributed by atoms with van der Waals surface area (Å²) in [5.41, 5.74) is 1.86. The van der Waals surface area contributed by atoms with Gasteiger partial charge in [-0.05, 0) is 31.9 Å². The number of carbonyl (C=O) groups is 1. The molecule has 0 spiro atoms. The maximum absolute atomic E-state index is 11.1. The zero-order chi connectivity index (χ0) is 11.4. The molecule has 0 fully saturated rings. The van der Waals surface area contributed by atoms with E-state index >= 15 is 0 Å². The van der Waals surface area contributed by atoms with E-state index in [4.69, 9.17) is 0 Å². The third kappa shape index (κ3) is 3.00. The van der Waals surface area contributed by atoms with Gasteiger partial charge in [-0.15, -0.1) is 24.4 Å². The highest BCUT2D eigenvalue weighted by atomic mass is 32.2. The Balaban J connectivity index is 3.14. The molecule has 1 atom stereocenters. The van der Waals surface area contributed by atoms with Gasteiger partial charge in [-0.2, -0.15) is 0 Å². The summed E-state index contributed by atoms with van der Waals surface area (Å²) in [6.07, 6.45) is 2.01. The van der Waals surface area contributed by atoms with Crippen molar-refractivity contribution in [2.24, 2.45) is 0 Å². The summed E-state index contributed by atoms with van der Waals surface area (Å²) < 4.78 is 0. The molecule has 4 heteroatoms. The van der Waals surface area contributed by atoms with Crippen LogP contribution in [-0.4, -0.2) is 18.4 Å².